The number of carbonyl (C=O) groups excluding carboxylic acids is 2. The van der Waals surface area contributed by atoms with Crippen molar-refractivity contribution >= 4 is 47.9 Å². The monoisotopic (exact) mass is 862 g/mol. The van der Waals surface area contributed by atoms with Crippen LogP contribution in [-0.2, 0) is 29.8 Å². The Bertz CT molecular complexity index is 2300. The molecule has 1 amide bonds. The average molecular weight is 863 g/mol. The van der Waals surface area contributed by atoms with Gasteiger partial charge in [-0.05, 0) is 121 Å². The number of rotatable bonds is 16. The van der Waals surface area contributed by atoms with Gasteiger partial charge >= 0.3 is 19.7 Å². The maximum Gasteiger partial charge on any atom is 0.459 e. The van der Waals surface area contributed by atoms with Crippen molar-refractivity contribution in [1.82, 2.24) is 24.9 Å². The van der Waals surface area contributed by atoms with E-state index >= 15 is 4.39 Å². The van der Waals surface area contributed by atoms with Gasteiger partial charge in [0.25, 0.3) is 0 Å². The molecule has 1 unspecified atom stereocenters. The van der Waals surface area contributed by atoms with E-state index in [2.05, 4.69) is 17.6 Å². The Labute approximate surface area is 357 Å². The fraction of sp³-hybridized carbons (Fsp3) is 0.511. The van der Waals surface area contributed by atoms with E-state index in [1.165, 1.54) is 19.1 Å². The number of likely N-dealkylation sites (tertiary alicyclic amines) is 2. The highest BCUT2D eigenvalue weighted by Gasteiger charge is 2.41. The fourth-order valence-corrected chi connectivity index (χ4v) is 10.0. The summed E-state index contributed by atoms with van der Waals surface area (Å²) in [5.74, 6) is 1.92. The predicted octanol–water partition coefficient (Wildman–Crippen LogP) is 7.50. The number of hydrogen-bond donors (Lipinski definition) is 1. The van der Waals surface area contributed by atoms with Gasteiger partial charge < -0.3 is 23.8 Å². The second kappa shape index (κ2) is 18.6. The number of fused-ring (bicyclic) bond motifs is 2. The number of allylic oxidation sites excluding steroid dienone is 1. The van der Waals surface area contributed by atoms with Crippen molar-refractivity contribution in [2.24, 2.45) is 0 Å². The second-order valence-electron chi connectivity index (χ2n) is 17.0. The number of alkyl halides is 1. The van der Waals surface area contributed by atoms with Gasteiger partial charge in [0, 0.05) is 50.1 Å². The van der Waals surface area contributed by atoms with Gasteiger partial charge in [0.05, 0.1) is 29.0 Å². The molecule has 328 valence electrons. The molecule has 3 aromatic rings. The number of halogens is 2. The van der Waals surface area contributed by atoms with E-state index in [1.807, 2.05) is 41.8 Å². The van der Waals surface area contributed by atoms with Gasteiger partial charge in [0.1, 0.15) is 36.2 Å². The molecule has 0 spiro atoms. The molecule has 61 heavy (non-hydrogen) atoms. The molecular formula is C45H57F2N6O7P. The van der Waals surface area contributed by atoms with Crippen LogP contribution in [0.1, 0.15) is 89.6 Å². The van der Waals surface area contributed by atoms with Gasteiger partial charge in [-0.1, -0.05) is 18.6 Å². The molecular weight excluding hydrogens is 805 g/mol. The van der Waals surface area contributed by atoms with Crippen molar-refractivity contribution in [2.75, 3.05) is 45.2 Å². The maximum absolute atomic E-state index is 15.5. The van der Waals surface area contributed by atoms with Crippen molar-refractivity contribution in [1.29, 1.82) is 0 Å². The van der Waals surface area contributed by atoms with Crippen LogP contribution in [0.25, 0.3) is 22.4 Å². The van der Waals surface area contributed by atoms with E-state index in [9.17, 15) is 18.5 Å². The van der Waals surface area contributed by atoms with Crippen LogP contribution in [0, 0.1) is 18.2 Å². The Morgan fingerprint density at radius 2 is 1.93 bits per heavy atom. The summed E-state index contributed by atoms with van der Waals surface area (Å²) in [7, 11) is -0.449. The molecule has 1 N–H and O–H groups in total. The zero-order chi connectivity index (χ0) is 44.4. The fourth-order valence-electron chi connectivity index (χ4n) is 8.34. The Kier molecular flexibility index (Phi) is 13.9. The normalized spacial score (nSPS) is 21.8. The van der Waals surface area contributed by atoms with Gasteiger partial charge in [-0.3, -0.25) is 19.0 Å². The van der Waals surface area contributed by atoms with E-state index in [0.717, 1.165) is 24.0 Å². The highest BCUT2D eigenvalue weighted by Crippen LogP contribution is 2.48. The predicted molar refractivity (Wildman–Crippen MR) is 233 cm³/mol. The van der Waals surface area contributed by atoms with Gasteiger partial charge in [-0.25, -0.2) is 13.3 Å². The average Bonchev–Trinajstić information content (AvgIpc) is 3.76. The number of benzene rings is 2. The molecule has 3 heterocycles. The van der Waals surface area contributed by atoms with Crippen LogP contribution >= 0.6 is 7.75 Å². The third kappa shape index (κ3) is 10.3. The number of carbonyl (C=O) groups is 2. The standard InChI is InChI=1S/C45H57F2N6O7P/c1-11-35-38(47)18-16-31-20-34(60-61(56,59-28(5)6)50-29(7)43(55)58-27(3)4)22-37(41(31)35)30-15-17-36-39(21-30)48-44(57-26-45(8)23-32(46)24-52(45)10)49-42(36)51(9)25-33-14-13-19-53(33)40(54)12-2/h1,12,16,18,20-22,27-29,32-33H,2,13-15,17,19,23-26H2,3-10H3,(H,50,56)/t29-,32+,33-,45-,61?/m0/s1. The molecule has 0 saturated carbocycles. The summed E-state index contributed by atoms with van der Waals surface area (Å²) in [6, 6.07) is 5.05. The van der Waals surface area contributed by atoms with Crippen LogP contribution in [0.15, 0.2) is 36.9 Å². The third-order valence-electron chi connectivity index (χ3n) is 11.4. The zero-order valence-electron chi connectivity index (χ0n) is 36.3. The smallest absolute Gasteiger partial charge is 0.459 e. The van der Waals surface area contributed by atoms with Gasteiger partial charge in [-0.15, -0.1) is 6.42 Å². The Balaban J connectivity index is 1.44. The first-order valence-electron chi connectivity index (χ1n) is 20.8. The third-order valence-corrected chi connectivity index (χ3v) is 13.2. The van der Waals surface area contributed by atoms with Gasteiger partial charge in [-0.2, -0.15) is 15.1 Å². The number of ether oxygens (including phenoxy) is 2. The summed E-state index contributed by atoms with van der Waals surface area (Å²) >= 11 is 0. The number of nitrogens with zero attached hydrogens (tertiary/aromatic N) is 5. The number of hydrogen-bond acceptors (Lipinski definition) is 11. The lowest BCUT2D eigenvalue weighted by molar-refractivity contribution is -0.149. The number of aromatic nitrogens is 2. The van der Waals surface area contributed by atoms with Crippen molar-refractivity contribution < 1.29 is 41.5 Å². The SMILES string of the molecule is C#Cc1c(F)ccc2cc(OP(=O)(N[C@@H](C)C(=O)OC(C)C)OC(C)C)cc(C3=Cc4nc(OC[C@]5(C)C[C@@H](F)CN5C)nc(N(C)C[C@@H]5CCCN5C(=O)C=C)c4CC3)c12. The second-order valence-corrected chi connectivity index (χ2v) is 18.6. The molecule has 2 aliphatic heterocycles. The topological polar surface area (TPSA) is 136 Å². The minimum absolute atomic E-state index is 0.0398. The van der Waals surface area contributed by atoms with Crippen LogP contribution < -0.4 is 19.2 Å². The lowest BCUT2D eigenvalue weighted by Crippen LogP contribution is -2.43. The van der Waals surface area contributed by atoms with E-state index < -0.39 is 49.5 Å². The lowest BCUT2D eigenvalue weighted by Gasteiger charge is -2.32. The molecule has 2 aromatic carbocycles. The number of terminal acetylenes is 1. The van der Waals surface area contributed by atoms with Crippen LogP contribution in [0.3, 0.4) is 0 Å². The van der Waals surface area contributed by atoms with Crippen molar-refractivity contribution in [3.05, 3.63) is 65.1 Å². The Morgan fingerprint density at radius 3 is 2.59 bits per heavy atom. The molecule has 0 radical (unpaired) electrons. The lowest BCUT2D eigenvalue weighted by atomic mass is 9.87. The number of esters is 1. The Hall–Kier alpha value is -4.87. The van der Waals surface area contributed by atoms with E-state index in [0.29, 0.717) is 66.7 Å². The van der Waals surface area contributed by atoms with Crippen LogP contribution in [0.5, 0.6) is 11.8 Å². The summed E-state index contributed by atoms with van der Waals surface area (Å²) in [6.07, 6.45) is 10.1. The van der Waals surface area contributed by atoms with Crippen molar-refractivity contribution in [2.45, 2.75) is 110 Å². The molecule has 13 nitrogen and oxygen atoms in total. The number of anilines is 1. The number of likely N-dealkylation sites (N-methyl/N-ethyl adjacent to an activating group) is 2. The summed E-state index contributed by atoms with van der Waals surface area (Å²) in [4.78, 5) is 41.1. The highest BCUT2D eigenvalue weighted by molar-refractivity contribution is 7.52. The molecule has 1 aromatic heterocycles. The maximum atomic E-state index is 15.5. The van der Waals surface area contributed by atoms with E-state index in [-0.39, 0.29) is 35.9 Å². The molecule has 5 atom stereocenters. The highest BCUT2D eigenvalue weighted by atomic mass is 31.2. The first-order chi connectivity index (χ1) is 28.8. The zero-order valence-corrected chi connectivity index (χ0v) is 37.2. The molecule has 1 aliphatic carbocycles. The summed E-state index contributed by atoms with van der Waals surface area (Å²) < 4.78 is 67.9. The summed E-state index contributed by atoms with van der Waals surface area (Å²) in [5.41, 5.74) is 2.09. The van der Waals surface area contributed by atoms with Gasteiger partial charge in [0.2, 0.25) is 5.91 Å². The largest absolute Gasteiger partial charge is 0.462 e. The molecule has 2 fully saturated rings. The van der Waals surface area contributed by atoms with Crippen LogP contribution in [0.2, 0.25) is 0 Å². The minimum atomic E-state index is -4.24. The summed E-state index contributed by atoms with van der Waals surface area (Å²) in [5, 5.41) is 3.67. The van der Waals surface area contributed by atoms with E-state index in [1.54, 1.807) is 45.9 Å². The molecule has 2 saturated heterocycles. The first kappa shape index (κ1) is 45.7. The molecule has 16 heteroatoms. The van der Waals surface area contributed by atoms with Crippen molar-refractivity contribution in [3.8, 4) is 24.1 Å². The van der Waals surface area contributed by atoms with E-state index in [4.69, 9.17) is 34.9 Å². The Morgan fingerprint density at radius 1 is 1.18 bits per heavy atom. The number of nitrogens with one attached hydrogen (secondary N) is 1. The molecule has 6 rings (SSSR count). The van der Waals surface area contributed by atoms with Crippen LogP contribution in [0.4, 0.5) is 14.6 Å². The van der Waals surface area contributed by atoms with Crippen LogP contribution in [-0.4, -0.2) is 108 Å². The summed E-state index contributed by atoms with van der Waals surface area (Å²) in [6.45, 7) is 15.5. The molecule has 3 aliphatic rings. The van der Waals surface area contributed by atoms with Gasteiger partial charge in [0.15, 0.2) is 0 Å². The molecule has 0 bridgehead atoms. The number of amides is 1. The minimum Gasteiger partial charge on any atom is -0.462 e. The quantitative estimate of drug-likeness (QED) is 0.0661. The van der Waals surface area contributed by atoms with Crippen molar-refractivity contribution in [3.63, 3.8) is 0 Å². The first-order valence-corrected chi connectivity index (χ1v) is 22.3.